The first-order chi connectivity index (χ1) is 12.4. The molecule has 0 fully saturated rings. The summed E-state index contributed by atoms with van der Waals surface area (Å²) in [6, 6.07) is 7.40. The average molecular weight is 370 g/mol. The number of rotatable bonds is 4. The van der Waals surface area contributed by atoms with E-state index in [2.05, 4.69) is 30.2 Å². The van der Waals surface area contributed by atoms with Gasteiger partial charge in [0.2, 0.25) is 5.28 Å². The quantitative estimate of drug-likeness (QED) is 0.535. The molecule has 0 amide bonds. The third-order valence-electron chi connectivity index (χ3n) is 3.93. The normalized spacial score (nSPS) is 12.0. The first-order valence-corrected chi connectivity index (χ1v) is 8.38. The lowest BCUT2D eigenvalue weighted by atomic mass is 10.0. The van der Waals surface area contributed by atoms with Crippen LogP contribution in [0.5, 0.6) is 0 Å². The zero-order valence-electron chi connectivity index (χ0n) is 14.2. The fourth-order valence-corrected chi connectivity index (χ4v) is 2.84. The first-order valence-electron chi connectivity index (χ1n) is 8.00. The van der Waals surface area contributed by atoms with Crippen molar-refractivity contribution in [2.75, 3.05) is 0 Å². The number of aliphatic hydroxyl groups is 1. The first kappa shape index (κ1) is 16.6. The molecule has 26 heavy (non-hydrogen) atoms. The Morgan fingerprint density at radius 3 is 2.85 bits per heavy atom. The van der Waals surface area contributed by atoms with Gasteiger partial charge in [0.1, 0.15) is 22.6 Å². The van der Waals surface area contributed by atoms with E-state index in [9.17, 15) is 5.11 Å². The maximum Gasteiger partial charge on any atom is 0.224 e. The van der Waals surface area contributed by atoms with Crippen LogP contribution in [-0.4, -0.2) is 40.0 Å². The molecule has 0 atom stereocenters. The van der Waals surface area contributed by atoms with Crippen LogP contribution >= 0.6 is 11.6 Å². The molecule has 0 saturated carbocycles. The van der Waals surface area contributed by atoms with Gasteiger partial charge in [-0.25, -0.2) is 9.67 Å². The number of aromatic amines is 1. The highest BCUT2D eigenvalue weighted by Gasteiger charge is 2.18. The fourth-order valence-electron chi connectivity index (χ4n) is 2.67. The van der Waals surface area contributed by atoms with E-state index in [1.165, 1.54) is 0 Å². The van der Waals surface area contributed by atoms with Crippen LogP contribution in [0.4, 0.5) is 0 Å². The molecule has 0 saturated heterocycles. The average Bonchev–Trinajstić information content (AvgIpc) is 3.22. The van der Waals surface area contributed by atoms with Gasteiger partial charge < -0.3 is 10.1 Å². The van der Waals surface area contributed by atoms with Gasteiger partial charge in [0.25, 0.3) is 0 Å². The number of nitrogens with one attached hydrogen (secondary N) is 1. The molecule has 0 aliphatic rings. The molecule has 4 aromatic heterocycles. The van der Waals surface area contributed by atoms with Gasteiger partial charge in [0.05, 0.1) is 24.1 Å². The predicted octanol–water partition coefficient (Wildman–Crippen LogP) is 2.54. The Kier molecular flexibility index (Phi) is 3.93. The minimum atomic E-state index is -0.999. The van der Waals surface area contributed by atoms with Gasteiger partial charge in [-0.15, -0.1) is 5.10 Å². The van der Waals surface area contributed by atoms with Crippen LogP contribution in [0.1, 0.15) is 25.2 Å². The molecule has 0 aromatic carbocycles. The number of fused-ring (bicyclic) bond motifs is 1. The van der Waals surface area contributed by atoms with Crippen molar-refractivity contribution in [3.05, 3.63) is 53.3 Å². The predicted molar refractivity (Wildman–Crippen MR) is 96.5 cm³/mol. The number of aromatic nitrogens is 7. The van der Waals surface area contributed by atoms with E-state index >= 15 is 0 Å². The second kappa shape index (κ2) is 6.15. The number of H-pyrrole nitrogens is 1. The zero-order valence-corrected chi connectivity index (χ0v) is 14.9. The number of nitrogens with zero attached hydrogens (tertiary/aromatic N) is 6. The monoisotopic (exact) mass is 369 g/mol. The molecular weight excluding hydrogens is 354 g/mol. The molecule has 0 bridgehead atoms. The van der Waals surface area contributed by atoms with Gasteiger partial charge in [-0.05, 0) is 43.6 Å². The second-order valence-corrected chi connectivity index (χ2v) is 6.79. The smallest absolute Gasteiger partial charge is 0.224 e. The van der Waals surface area contributed by atoms with Crippen LogP contribution in [0, 0.1) is 0 Å². The summed E-state index contributed by atoms with van der Waals surface area (Å²) in [4.78, 5) is 15.9. The van der Waals surface area contributed by atoms with Crippen molar-refractivity contribution in [2.45, 2.75) is 26.0 Å². The van der Waals surface area contributed by atoms with Gasteiger partial charge in [0, 0.05) is 11.6 Å². The fraction of sp³-hybridized carbons (Fsp3) is 0.235. The van der Waals surface area contributed by atoms with Crippen molar-refractivity contribution in [2.24, 2.45) is 0 Å². The van der Waals surface area contributed by atoms with Gasteiger partial charge in [-0.1, -0.05) is 11.3 Å². The zero-order chi connectivity index (χ0) is 18.3. The van der Waals surface area contributed by atoms with Gasteiger partial charge in [-0.2, -0.15) is 4.98 Å². The van der Waals surface area contributed by atoms with E-state index in [0.29, 0.717) is 29.3 Å². The summed E-state index contributed by atoms with van der Waals surface area (Å²) in [5, 5.41) is 19.4. The van der Waals surface area contributed by atoms with Crippen LogP contribution in [0.15, 0.2) is 36.7 Å². The SMILES string of the molecule is CC(C)(O)c1cccc(Cn2cc(-c3nc(Cl)nc4[nH]ccc34)nn2)n1. The van der Waals surface area contributed by atoms with Crippen molar-refractivity contribution in [1.29, 1.82) is 0 Å². The van der Waals surface area contributed by atoms with E-state index in [4.69, 9.17) is 11.6 Å². The Morgan fingerprint density at radius 1 is 1.19 bits per heavy atom. The van der Waals surface area contributed by atoms with E-state index < -0.39 is 5.60 Å². The topological polar surface area (TPSA) is 105 Å². The molecule has 8 nitrogen and oxygen atoms in total. The number of halogens is 1. The van der Waals surface area contributed by atoms with Crippen LogP contribution in [-0.2, 0) is 12.1 Å². The van der Waals surface area contributed by atoms with Crippen molar-refractivity contribution < 1.29 is 5.11 Å². The molecular formula is C17H16ClN7O. The van der Waals surface area contributed by atoms with E-state index in [1.54, 1.807) is 37.0 Å². The summed E-state index contributed by atoms with van der Waals surface area (Å²) in [6.07, 6.45) is 3.55. The molecule has 132 valence electrons. The Hall–Kier alpha value is -2.84. The lowest BCUT2D eigenvalue weighted by Crippen LogP contribution is -2.18. The molecule has 4 heterocycles. The van der Waals surface area contributed by atoms with Gasteiger partial charge >= 0.3 is 0 Å². The second-order valence-electron chi connectivity index (χ2n) is 6.46. The number of hydrogen-bond acceptors (Lipinski definition) is 6. The van der Waals surface area contributed by atoms with E-state index in [1.807, 2.05) is 18.2 Å². The van der Waals surface area contributed by atoms with Gasteiger partial charge in [0.15, 0.2) is 0 Å². The molecule has 0 aliphatic heterocycles. The molecule has 0 spiro atoms. The van der Waals surface area contributed by atoms with E-state index in [-0.39, 0.29) is 5.28 Å². The minimum Gasteiger partial charge on any atom is -0.384 e. The van der Waals surface area contributed by atoms with E-state index in [0.717, 1.165) is 11.1 Å². The van der Waals surface area contributed by atoms with Gasteiger partial charge in [-0.3, -0.25) is 4.98 Å². The minimum absolute atomic E-state index is 0.143. The van der Waals surface area contributed by atoms with Crippen LogP contribution in [0.25, 0.3) is 22.4 Å². The summed E-state index contributed by atoms with van der Waals surface area (Å²) in [7, 11) is 0. The largest absolute Gasteiger partial charge is 0.384 e. The standard InChI is InChI=1S/C17H16ClN7O/c1-17(2,26)13-5-3-4-10(20-13)8-25-9-12(23-24-25)14-11-6-7-19-15(11)22-16(18)21-14/h3-7,9,26H,8H2,1-2H3,(H,19,21,22). The Labute approximate surface area is 153 Å². The third kappa shape index (κ3) is 3.16. The molecule has 0 aliphatic carbocycles. The third-order valence-corrected chi connectivity index (χ3v) is 4.10. The van der Waals surface area contributed by atoms with Crippen molar-refractivity contribution >= 4 is 22.6 Å². The van der Waals surface area contributed by atoms with Crippen LogP contribution < -0.4 is 0 Å². The van der Waals surface area contributed by atoms with Crippen LogP contribution in [0.3, 0.4) is 0 Å². The molecule has 0 radical (unpaired) electrons. The van der Waals surface area contributed by atoms with Crippen molar-refractivity contribution in [3.63, 3.8) is 0 Å². The summed E-state index contributed by atoms with van der Waals surface area (Å²) < 4.78 is 1.67. The number of pyridine rings is 1. The Bertz CT molecular complexity index is 1080. The molecule has 9 heteroatoms. The van der Waals surface area contributed by atoms with Crippen molar-refractivity contribution in [3.8, 4) is 11.4 Å². The molecule has 4 aromatic rings. The number of hydrogen-bond donors (Lipinski definition) is 2. The Balaban J connectivity index is 1.66. The lowest BCUT2D eigenvalue weighted by molar-refractivity contribution is 0.0736. The van der Waals surface area contributed by atoms with Crippen molar-refractivity contribution in [1.82, 2.24) is 34.9 Å². The molecule has 2 N–H and O–H groups in total. The maximum atomic E-state index is 10.1. The molecule has 4 rings (SSSR count). The maximum absolute atomic E-state index is 10.1. The summed E-state index contributed by atoms with van der Waals surface area (Å²) in [6.45, 7) is 3.83. The van der Waals surface area contributed by atoms with Crippen LogP contribution in [0.2, 0.25) is 5.28 Å². The Morgan fingerprint density at radius 2 is 2.04 bits per heavy atom. The molecule has 0 unspecified atom stereocenters. The highest BCUT2D eigenvalue weighted by Crippen LogP contribution is 2.25. The summed E-state index contributed by atoms with van der Waals surface area (Å²) in [5.74, 6) is 0. The highest BCUT2D eigenvalue weighted by molar-refractivity contribution is 6.28. The summed E-state index contributed by atoms with van der Waals surface area (Å²) in [5.41, 5.74) is 2.24. The lowest BCUT2D eigenvalue weighted by Gasteiger charge is -2.17. The summed E-state index contributed by atoms with van der Waals surface area (Å²) >= 11 is 6.00. The highest BCUT2D eigenvalue weighted by atomic mass is 35.5.